The third kappa shape index (κ3) is 2.66. The highest BCUT2D eigenvalue weighted by atomic mass is 31.1. The Labute approximate surface area is 76.9 Å². The molecule has 0 aromatic rings. The van der Waals surface area contributed by atoms with Gasteiger partial charge in [0.1, 0.15) is 6.16 Å². The number of nitrogens with two attached hydrogens (primary N) is 1. The average molecular weight is 204 g/mol. The van der Waals surface area contributed by atoms with Crippen LogP contribution < -0.4 is 11.1 Å². The van der Waals surface area contributed by atoms with Gasteiger partial charge < -0.3 is 15.9 Å². The Bertz CT molecular complexity index is 268. The largest absolute Gasteiger partial charge is 0.346 e. The summed E-state index contributed by atoms with van der Waals surface area (Å²) in [7, 11) is -2.74. The van der Waals surface area contributed by atoms with E-state index in [4.69, 9.17) is 10.6 Å². The minimum absolute atomic E-state index is 0.0810. The summed E-state index contributed by atoms with van der Waals surface area (Å²) >= 11 is 0. The number of rotatable bonds is 4. The second-order valence-corrected chi connectivity index (χ2v) is 4.35. The van der Waals surface area contributed by atoms with Crippen molar-refractivity contribution >= 4 is 13.9 Å². The molecule has 5 nitrogen and oxygen atoms in total. The van der Waals surface area contributed by atoms with E-state index in [9.17, 15) is 9.36 Å². The van der Waals surface area contributed by atoms with Crippen LogP contribution in [0.3, 0.4) is 0 Å². The van der Waals surface area contributed by atoms with Gasteiger partial charge in [0.15, 0.2) is 8.03 Å². The highest BCUT2D eigenvalue weighted by molar-refractivity contribution is 7.39. The molecule has 0 spiro atoms. The third-order valence-electron chi connectivity index (χ3n) is 2.03. The minimum atomic E-state index is -2.74. The van der Waals surface area contributed by atoms with E-state index in [1.807, 2.05) is 0 Å². The molecule has 0 saturated heterocycles. The SMILES string of the molecule is C=CC1CC1(N)NC(=O)C[PH](=O)O. The standard InChI is InChI=1S/C7H13N2O3P/c1-2-5-3-7(5,8)9-6(10)4-13(11)12/h2,5,13H,1,3-4,8H2,(H,9,10)(H,11,12). The molecule has 3 atom stereocenters. The van der Waals surface area contributed by atoms with Crippen LogP contribution in [0, 0.1) is 5.92 Å². The third-order valence-corrected chi connectivity index (χ3v) is 2.65. The predicted octanol–water partition coefficient (Wildman–Crippen LogP) is -0.569. The predicted molar refractivity (Wildman–Crippen MR) is 49.5 cm³/mol. The Morgan fingerprint density at radius 2 is 2.54 bits per heavy atom. The van der Waals surface area contributed by atoms with Crippen LogP contribution in [0.25, 0.3) is 0 Å². The quantitative estimate of drug-likeness (QED) is 0.325. The van der Waals surface area contributed by atoms with Crippen molar-refractivity contribution in [1.82, 2.24) is 5.32 Å². The Morgan fingerprint density at radius 3 is 2.92 bits per heavy atom. The normalized spacial score (nSPS) is 33.5. The molecule has 3 unspecified atom stereocenters. The van der Waals surface area contributed by atoms with Crippen molar-refractivity contribution < 1.29 is 14.3 Å². The van der Waals surface area contributed by atoms with Crippen LogP contribution in [-0.4, -0.2) is 22.6 Å². The van der Waals surface area contributed by atoms with Crippen molar-refractivity contribution in [2.75, 3.05) is 6.16 Å². The van der Waals surface area contributed by atoms with Crippen molar-refractivity contribution in [1.29, 1.82) is 0 Å². The lowest BCUT2D eigenvalue weighted by Crippen LogP contribution is -2.46. The summed E-state index contributed by atoms with van der Waals surface area (Å²) in [5, 5.41) is 2.50. The number of amides is 1. The highest BCUT2D eigenvalue weighted by Gasteiger charge is 2.50. The van der Waals surface area contributed by atoms with Crippen molar-refractivity contribution in [2.24, 2.45) is 11.7 Å². The first kappa shape index (κ1) is 10.4. The average Bonchev–Trinajstić information content (AvgIpc) is 2.58. The van der Waals surface area contributed by atoms with Crippen molar-refractivity contribution in [3.05, 3.63) is 12.7 Å². The van der Waals surface area contributed by atoms with E-state index < -0.39 is 19.6 Å². The fourth-order valence-corrected chi connectivity index (χ4v) is 1.55. The molecule has 0 heterocycles. The van der Waals surface area contributed by atoms with Crippen molar-refractivity contribution in [3.63, 3.8) is 0 Å². The maximum absolute atomic E-state index is 11.0. The molecule has 0 aromatic heterocycles. The highest BCUT2D eigenvalue weighted by Crippen LogP contribution is 2.39. The molecule has 0 aliphatic heterocycles. The Hall–Kier alpha value is -0.640. The maximum Gasteiger partial charge on any atom is 0.230 e. The van der Waals surface area contributed by atoms with Gasteiger partial charge in [0, 0.05) is 5.92 Å². The summed E-state index contributed by atoms with van der Waals surface area (Å²) < 4.78 is 10.3. The minimum Gasteiger partial charge on any atom is -0.346 e. The molecule has 1 rings (SSSR count). The lowest BCUT2D eigenvalue weighted by Gasteiger charge is -2.11. The molecule has 1 fully saturated rings. The molecule has 1 amide bonds. The number of nitrogens with one attached hydrogen (secondary N) is 1. The van der Waals surface area contributed by atoms with Crippen LogP contribution in [-0.2, 0) is 9.36 Å². The molecular weight excluding hydrogens is 191 g/mol. The first-order valence-electron chi connectivity index (χ1n) is 3.92. The zero-order chi connectivity index (χ0) is 10.1. The van der Waals surface area contributed by atoms with Gasteiger partial charge >= 0.3 is 0 Å². The van der Waals surface area contributed by atoms with E-state index in [2.05, 4.69) is 11.9 Å². The van der Waals surface area contributed by atoms with E-state index in [1.165, 1.54) is 0 Å². The Morgan fingerprint density at radius 1 is 1.92 bits per heavy atom. The molecule has 6 heteroatoms. The van der Waals surface area contributed by atoms with Gasteiger partial charge in [-0.05, 0) is 6.42 Å². The van der Waals surface area contributed by atoms with Crippen LogP contribution in [0.2, 0.25) is 0 Å². The Balaban J connectivity index is 2.38. The molecule has 1 aliphatic rings. The van der Waals surface area contributed by atoms with E-state index in [0.717, 1.165) is 0 Å². The van der Waals surface area contributed by atoms with Crippen LogP contribution in [0.5, 0.6) is 0 Å². The van der Waals surface area contributed by atoms with Crippen molar-refractivity contribution in [2.45, 2.75) is 12.1 Å². The van der Waals surface area contributed by atoms with Crippen LogP contribution in [0.4, 0.5) is 0 Å². The number of carbonyl (C=O) groups excluding carboxylic acids is 1. The van der Waals surface area contributed by atoms with Crippen LogP contribution in [0.15, 0.2) is 12.7 Å². The van der Waals surface area contributed by atoms with Gasteiger partial charge in [-0.3, -0.25) is 9.36 Å². The molecule has 0 bridgehead atoms. The number of hydrogen-bond donors (Lipinski definition) is 3. The molecule has 4 N–H and O–H groups in total. The van der Waals surface area contributed by atoms with Crippen LogP contribution >= 0.6 is 8.03 Å². The summed E-state index contributed by atoms with van der Waals surface area (Å²) in [4.78, 5) is 19.5. The van der Waals surface area contributed by atoms with Crippen molar-refractivity contribution in [3.8, 4) is 0 Å². The number of carbonyl (C=O) groups is 1. The van der Waals surface area contributed by atoms with Gasteiger partial charge in [-0.25, -0.2) is 0 Å². The smallest absolute Gasteiger partial charge is 0.230 e. The maximum atomic E-state index is 11.0. The first-order valence-corrected chi connectivity index (χ1v) is 5.48. The van der Waals surface area contributed by atoms with E-state index in [0.29, 0.717) is 6.42 Å². The molecule has 1 saturated carbocycles. The monoisotopic (exact) mass is 204 g/mol. The molecular formula is C7H13N2O3P. The lowest BCUT2D eigenvalue weighted by molar-refractivity contribution is -0.119. The van der Waals surface area contributed by atoms with Gasteiger partial charge in [-0.1, -0.05) is 6.08 Å². The van der Waals surface area contributed by atoms with Gasteiger partial charge in [0.25, 0.3) is 0 Å². The summed E-state index contributed by atoms with van der Waals surface area (Å²) in [5.74, 6) is -0.393. The lowest BCUT2D eigenvalue weighted by atomic mass is 10.3. The fraction of sp³-hybridized carbons (Fsp3) is 0.571. The molecule has 0 radical (unpaired) electrons. The van der Waals surface area contributed by atoms with Gasteiger partial charge in [0.05, 0.1) is 5.66 Å². The summed E-state index contributed by atoms with van der Waals surface area (Å²) in [6.45, 7) is 3.55. The zero-order valence-electron chi connectivity index (χ0n) is 7.12. The van der Waals surface area contributed by atoms with Gasteiger partial charge in [-0.2, -0.15) is 0 Å². The van der Waals surface area contributed by atoms with Gasteiger partial charge in [0.2, 0.25) is 5.91 Å². The molecule has 74 valence electrons. The van der Waals surface area contributed by atoms with Gasteiger partial charge in [-0.15, -0.1) is 6.58 Å². The summed E-state index contributed by atoms with van der Waals surface area (Å²) in [6, 6.07) is 0. The second kappa shape index (κ2) is 3.62. The second-order valence-electron chi connectivity index (χ2n) is 3.21. The van der Waals surface area contributed by atoms with E-state index >= 15 is 0 Å². The molecule has 13 heavy (non-hydrogen) atoms. The Kier molecular flexibility index (Phi) is 2.91. The number of hydrogen-bond acceptors (Lipinski definition) is 3. The fourth-order valence-electron chi connectivity index (χ4n) is 1.18. The van der Waals surface area contributed by atoms with Crippen LogP contribution in [0.1, 0.15) is 6.42 Å². The topological polar surface area (TPSA) is 92.4 Å². The summed E-state index contributed by atoms with van der Waals surface area (Å²) in [5.41, 5.74) is 4.98. The first-order chi connectivity index (χ1) is 5.98. The molecule has 1 aliphatic carbocycles. The zero-order valence-corrected chi connectivity index (χ0v) is 8.12. The van der Waals surface area contributed by atoms with E-state index in [1.54, 1.807) is 6.08 Å². The van der Waals surface area contributed by atoms with E-state index in [-0.39, 0.29) is 12.1 Å². The molecule has 0 aromatic carbocycles. The summed E-state index contributed by atoms with van der Waals surface area (Å²) in [6.07, 6.45) is 1.96.